The molecule has 0 aromatic carbocycles. The SMILES string of the molecule is C[Si](C)(C)O[C@H]1CC(O)OC[C@H]1O[Si](C)(C)C. The maximum absolute atomic E-state index is 9.56. The maximum Gasteiger partial charge on any atom is 0.184 e. The second-order valence-corrected chi connectivity index (χ2v) is 15.5. The Balaban J connectivity index is 2.65. The predicted molar refractivity (Wildman–Crippen MR) is 73.0 cm³/mol. The van der Waals surface area contributed by atoms with E-state index in [2.05, 4.69) is 39.3 Å². The first kappa shape index (κ1) is 15.3. The van der Waals surface area contributed by atoms with Crippen molar-refractivity contribution in [3.8, 4) is 0 Å². The monoisotopic (exact) mass is 278 g/mol. The van der Waals surface area contributed by atoms with Gasteiger partial charge in [0, 0.05) is 6.42 Å². The minimum Gasteiger partial charge on any atom is -0.412 e. The number of hydrogen-bond acceptors (Lipinski definition) is 4. The third-order valence-electron chi connectivity index (χ3n) is 2.31. The summed E-state index contributed by atoms with van der Waals surface area (Å²) in [4.78, 5) is 0. The Morgan fingerprint density at radius 2 is 1.41 bits per heavy atom. The van der Waals surface area contributed by atoms with Gasteiger partial charge in [-0.2, -0.15) is 0 Å². The highest BCUT2D eigenvalue weighted by molar-refractivity contribution is 6.70. The van der Waals surface area contributed by atoms with E-state index in [9.17, 15) is 5.11 Å². The molecule has 0 aromatic heterocycles. The molecule has 1 unspecified atom stereocenters. The molecule has 0 bridgehead atoms. The van der Waals surface area contributed by atoms with Crippen LogP contribution < -0.4 is 0 Å². The average Bonchev–Trinajstić information content (AvgIpc) is 2.05. The summed E-state index contributed by atoms with van der Waals surface area (Å²) >= 11 is 0. The van der Waals surface area contributed by atoms with Crippen molar-refractivity contribution in [1.29, 1.82) is 0 Å². The summed E-state index contributed by atoms with van der Waals surface area (Å²) in [5.41, 5.74) is 0. The summed E-state index contributed by atoms with van der Waals surface area (Å²) < 4.78 is 17.5. The van der Waals surface area contributed by atoms with E-state index in [0.29, 0.717) is 13.0 Å². The highest BCUT2D eigenvalue weighted by Gasteiger charge is 2.37. The van der Waals surface area contributed by atoms with Crippen LogP contribution in [-0.2, 0) is 13.6 Å². The van der Waals surface area contributed by atoms with E-state index >= 15 is 0 Å². The van der Waals surface area contributed by atoms with Crippen LogP contribution >= 0.6 is 0 Å². The Bertz CT molecular complexity index is 247. The van der Waals surface area contributed by atoms with Crippen molar-refractivity contribution >= 4 is 16.6 Å². The van der Waals surface area contributed by atoms with E-state index in [1.54, 1.807) is 0 Å². The molecule has 1 rings (SSSR count). The fourth-order valence-electron chi connectivity index (χ4n) is 1.87. The van der Waals surface area contributed by atoms with Crippen molar-refractivity contribution in [2.75, 3.05) is 6.61 Å². The van der Waals surface area contributed by atoms with Crippen LogP contribution in [0.25, 0.3) is 0 Å². The van der Waals surface area contributed by atoms with Gasteiger partial charge < -0.3 is 18.7 Å². The smallest absolute Gasteiger partial charge is 0.184 e. The number of aliphatic hydroxyl groups excluding tert-OH is 1. The largest absolute Gasteiger partial charge is 0.412 e. The minimum absolute atomic E-state index is 0.0304. The number of hydrogen-bond donors (Lipinski definition) is 1. The van der Waals surface area contributed by atoms with Crippen molar-refractivity contribution in [1.82, 2.24) is 0 Å². The zero-order chi connectivity index (χ0) is 13.3. The first-order chi connectivity index (χ1) is 7.57. The Labute approximate surface area is 107 Å². The molecule has 1 heterocycles. The maximum atomic E-state index is 9.56. The van der Waals surface area contributed by atoms with Gasteiger partial charge >= 0.3 is 0 Å². The lowest BCUT2D eigenvalue weighted by Gasteiger charge is -2.40. The first-order valence-electron chi connectivity index (χ1n) is 6.22. The lowest BCUT2D eigenvalue weighted by Crippen LogP contribution is -2.51. The molecule has 0 spiro atoms. The van der Waals surface area contributed by atoms with Crippen LogP contribution in [0.3, 0.4) is 0 Å². The van der Waals surface area contributed by atoms with Gasteiger partial charge in [0.25, 0.3) is 0 Å². The molecule has 102 valence electrons. The summed E-state index contributed by atoms with van der Waals surface area (Å²) in [6.45, 7) is 13.4. The molecule has 0 amide bonds. The van der Waals surface area contributed by atoms with Crippen molar-refractivity contribution in [2.45, 2.75) is 64.2 Å². The molecular weight excluding hydrogens is 252 g/mol. The lowest BCUT2D eigenvalue weighted by atomic mass is 10.1. The summed E-state index contributed by atoms with van der Waals surface area (Å²) in [6.07, 6.45) is -0.258. The van der Waals surface area contributed by atoms with Crippen molar-refractivity contribution in [3.05, 3.63) is 0 Å². The summed E-state index contributed by atoms with van der Waals surface area (Å²) in [6, 6.07) is 0. The quantitative estimate of drug-likeness (QED) is 0.801. The Hall–Kier alpha value is 0.274. The molecule has 1 saturated heterocycles. The zero-order valence-corrected chi connectivity index (χ0v) is 13.8. The van der Waals surface area contributed by atoms with E-state index in [-0.39, 0.29) is 12.2 Å². The Kier molecular flexibility index (Phi) is 4.96. The van der Waals surface area contributed by atoms with Crippen LogP contribution in [-0.4, -0.2) is 46.8 Å². The molecule has 1 fully saturated rings. The highest BCUT2D eigenvalue weighted by Crippen LogP contribution is 2.24. The van der Waals surface area contributed by atoms with Crippen LogP contribution in [0, 0.1) is 0 Å². The van der Waals surface area contributed by atoms with Gasteiger partial charge in [-0.05, 0) is 39.3 Å². The van der Waals surface area contributed by atoms with E-state index in [1.807, 2.05) is 0 Å². The van der Waals surface area contributed by atoms with Crippen LogP contribution in [0.1, 0.15) is 6.42 Å². The highest BCUT2D eigenvalue weighted by atomic mass is 28.4. The zero-order valence-electron chi connectivity index (χ0n) is 11.8. The number of aliphatic hydroxyl groups is 1. The van der Waals surface area contributed by atoms with E-state index in [0.717, 1.165) is 0 Å². The van der Waals surface area contributed by atoms with Crippen LogP contribution in [0.2, 0.25) is 39.3 Å². The molecule has 0 radical (unpaired) electrons. The van der Waals surface area contributed by atoms with Crippen LogP contribution in [0.5, 0.6) is 0 Å². The third-order valence-corrected chi connectivity index (χ3v) is 4.33. The first-order valence-corrected chi connectivity index (χ1v) is 13.0. The van der Waals surface area contributed by atoms with Gasteiger partial charge in [0.15, 0.2) is 22.9 Å². The van der Waals surface area contributed by atoms with Crippen LogP contribution in [0.15, 0.2) is 0 Å². The molecule has 0 saturated carbocycles. The van der Waals surface area contributed by atoms with Gasteiger partial charge in [-0.1, -0.05) is 0 Å². The van der Waals surface area contributed by atoms with E-state index < -0.39 is 22.9 Å². The van der Waals surface area contributed by atoms with Gasteiger partial charge in [0.05, 0.1) is 18.8 Å². The van der Waals surface area contributed by atoms with Gasteiger partial charge in [0.2, 0.25) is 0 Å². The molecular formula is C11H26O4Si2. The lowest BCUT2D eigenvalue weighted by molar-refractivity contribution is -0.186. The normalized spacial score (nSPS) is 31.6. The van der Waals surface area contributed by atoms with Crippen LogP contribution in [0.4, 0.5) is 0 Å². The summed E-state index contributed by atoms with van der Waals surface area (Å²) in [5.74, 6) is 0. The van der Waals surface area contributed by atoms with E-state index in [1.165, 1.54) is 0 Å². The Morgan fingerprint density at radius 3 is 1.88 bits per heavy atom. The standard InChI is InChI=1S/C11H26O4Si2/c1-16(2,3)14-9-7-11(12)13-8-10(9)15-17(4,5)6/h9-12H,7-8H2,1-6H3/t9-,10+,11?/m0/s1. The number of ether oxygens (including phenoxy) is 1. The van der Waals surface area contributed by atoms with Crippen molar-refractivity contribution in [3.63, 3.8) is 0 Å². The third kappa shape index (κ3) is 6.12. The van der Waals surface area contributed by atoms with Crippen molar-refractivity contribution < 1.29 is 18.7 Å². The summed E-state index contributed by atoms with van der Waals surface area (Å²) in [7, 11) is -3.23. The van der Waals surface area contributed by atoms with Crippen molar-refractivity contribution in [2.24, 2.45) is 0 Å². The van der Waals surface area contributed by atoms with E-state index in [4.69, 9.17) is 13.6 Å². The molecule has 1 aliphatic heterocycles. The molecule has 17 heavy (non-hydrogen) atoms. The van der Waals surface area contributed by atoms with Gasteiger partial charge in [-0.25, -0.2) is 0 Å². The Morgan fingerprint density at radius 1 is 0.941 bits per heavy atom. The molecule has 0 aliphatic carbocycles. The molecule has 1 N–H and O–H groups in total. The summed E-state index contributed by atoms with van der Waals surface area (Å²) in [5, 5.41) is 9.56. The molecule has 1 aliphatic rings. The van der Waals surface area contributed by atoms with Gasteiger partial charge in [-0.15, -0.1) is 0 Å². The molecule has 6 heteroatoms. The minimum atomic E-state index is -1.62. The fourth-order valence-corrected chi connectivity index (χ4v) is 4.16. The molecule has 3 atom stereocenters. The second-order valence-electron chi connectivity index (χ2n) is 6.56. The second kappa shape index (κ2) is 5.50. The number of rotatable bonds is 4. The average molecular weight is 278 g/mol. The van der Waals surface area contributed by atoms with Gasteiger partial charge in [-0.3, -0.25) is 0 Å². The van der Waals surface area contributed by atoms with Gasteiger partial charge in [0.1, 0.15) is 0 Å². The molecule has 0 aromatic rings. The fraction of sp³-hybridized carbons (Fsp3) is 1.00. The topological polar surface area (TPSA) is 47.9 Å². The molecule has 4 nitrogen and oxygen atoms in total. The predicted octanol–water partition coefficient (Wildman–Crippen LogP) is 2.17.